The van der Waals surface area contributed by atoms with E-state index in [2.05, 4.69) is 131 Å². The predicted molar refractivity (Wildman–Crippen MR) is 353 cm³/mol. The number of benzene rings is 12. The van der Waals surface area contributed by atoms with Crippen LogP contribution in [0.3, 0.4) is 0 Å². The maximum absolute atomic E-state index is 9.73. The molecule has 0 amide bonds. The predicted octanol–water partition coefficient (Wildman–Crippen LogP) is 17.9. The van der Waals surface area contributed by atoms with Gasteiger partial charge in [-0.3, -0.25) is 0 Å². The Morgan fingerprint density at radius 2 is 0.771 bits per heavy atom. The Morgan fingerprint density at radius 1 is 0.422 bits per heavy atom. The van der Waals surface area contributed by atoms with Gasteiger partial charge in [-0.2, -0.15) is 15.8 Å². The lowest BCUT2D eigenvalue weighted by Crippen LogP contribution is -2.41. The van der Waals surface area contributed by atoms with Gasteiger partial charge in [0.05, 0.1) is 46.1 Å². The van der Waals surface area contributed by atoms with Crippen LogP contribution in [0.25, 0.3) is 86.9 Å². The van der Waals surface area contributed by atoms with Crippen LogP contribution in [0, 0.1) is 34.0 Å². The van der Waals surface area contributed by atoms with E-state index in [1.54, 1.807) is 24.3 Å². The molecule has 1 saturated heterocycles. The molecule has 0 atom stereocenters. The van der Waals surface area contributed by atoms with Crippen molar-refractivity contribution in [3.63, 3.8) is 0 Å². The van der Waals surface area contributed by atoms with Crippen LogP contribution in [0.15, 0.2) is 223 Å². The Hall–Kier alpha value is -8.30. The number of rotatable bonds is 4. The van der Waals surface area contributed by atoms with Crippen LogP contribution in [-0.4, -0.2) is 35.5 Å². The van der Waals surface area contributed by atoms with E-state index >= 15 is 0 Å². The van der Waals surface area contributed by atoms with E-state index in [-0.39, 0.29) is 14.9 Å². The van der Waals surface area contributed by atoms with Crippen LogP contribution in [-0.2, 0) is 9.31 Å². The maximum Gasteiger partial charge on any atom is 0.494 e. The molecular formula is C71H58B2BrCl2N3O4. The Labute approximate surface area is 504 Å². The van der Waals surface area contributed by atoms with Crippen LogP contribution in [0.4, 0.5) is 0 Å². The van der Waals surface area contributed by atoms with Gasteiger partial charge in [0.2, 0.25) is 0 Å². The summed E-state index contributed by atoms with van der Waals surface area (Å²) >= 11 is 15.1. The summed E-state index contributed by atoms with van der Waals surface area (Å²) in [5.41, 5.74) is 6.45. The van der Waals surface area contributed by atoms with Gasteiger partial charge < -0.3 is 19.4 Å². The minimum absolute atomic E-state index is 0. The average molecular weight is 1190 g/mol. The van der Waals surface area contributed by atoms with E-state index in [4.69, 9.17) is 37.8 Å². The van der Waals surface area contributed by atoms with Gasteiger partial charge in [-0.05, 0) is 186 Å². The Morgan fingerprint density at radius 3 is 1.20 bits per heavy atom. The second kappa shape index (κ2) is 25.9. The van der Waals surface area contributed by atoms with E-state index in [1.165, 1.54) is 32.3 Å². The first-order valence-electron chi connectivity index (χ1n) is 26.1. The van der Waals surface area contributed by atoms with Gasteiger partial charge in [0.25, 0.3) is 0 Å². The minimum Gasteiger partial charge on any atom is -0.423 e. The number of hydrogen-bond donors (Lipinski definition) is 2. The van der Waals surface area contributed by atoms with Gasteiger partial charge >= 0.3 is 14.2 Å². The van der Waals surface area contributed by atoms with Gasteiger partial charge in [0.1, 0.15) is 0 Å². The van der Waals surface area contributed by atoms with Crippen LogP contribution in [0.5, 0.6) is 0 Å². The summed E-state index contributed by atoms with van der Waals surface area (Å²) in [6.07, 6.45) is 0. The zero-order valence-electron chi connectivity index (χ0n) is 44.6. The van der Waals surface area contributed by atoms with E-state index in [0.717, 1.165) is 64.5 Å². The van der Waals surface area contributed by atoms with Crippen LogP contribution in [0.2, 0.25) is 10.0 Å². The smallest absolute Gasteiger partial charge is 0.423 e. The molecule has 12 aromatic rings. The van der Waals surface area contributed by atoms with Gasteiger partial charge in [0, 0.05) is 14.5 Å². The van der Waals surface area contributed by atoms with Gasteiger partial charge in [-0.25, -0.2) is 0 Å². The molecule has 13 rings (SSSR count). The summed E-state index contributed by atoms with van der Waals surface area (Å²) in [5.74, 6) is 0. The molecule has 0 saturated carbocycles. The zero-order chi connectivity index (χ0) is 57.0. The van der Waals surface area contributed by atoms with E-state index in [1.807, 2.05) is 125 Å². The van der Waals surface area contributed by atoms with Crippen molar-refractivity contribution in [1.82, 2.24) is 0 Å². The summed E-state index contributed by atoms with van der Waals surface area (Å²) in [6.45, 7) is 8.16. The minimum atomic E-state index is -1.44. The molecule has 408 valence electrons. The highest BCUT2D eigenvalue weighted by Gasteiger charge is 2.51. The molecule has 0 unspecified atom stereocenters. The lowest BCUT2D eigenvalue weighted by Gasteiger charge is -2.32. The standard InChI is InChI=1S/C27H24BNO2.C21H12ClN.C14H11BO2.C7H3BrClN.2CH4/c1-26(2)27(3,4)31-28(30-26)21-14-18(17-29)13-20(15-21)25-16-19-9-5-6-10-22(19)23-11-7-8-12-24(23)25;22-17-10-14(13-23)9-16(11-17)21-12-15-5-1-2-6-18(15)19-7-3-4-8-20(19)21;16-15(17)14-9-10-5-1-2-6-11(10)12-7-3-4-8-13(12)14;8-6-1-5(4-10)2-7(9)3-6;;/h5-16H,1-4H3;1-12H;1-9,16-17H;1-3H;2*1H4. The third kappa shape index (κ3) is 13.0. The van der Waals surface area contributed by atoms with Gasteiger partial charge in [-0.1, -0.05) is 212 Å². The molecule has 1 heterocycles. The van der Waals surface area contributed by atoms with Crippen molar-refractivity contribution >= 4 is 129 Å². The number of fused-ring (bicyclic) bond motifs is 9. The number of hydrogen-bond acceptors (Lipinski definition) is 7. The summed E-state index contributed by atoms with van der Waals surface area (Å²) < 4.78 is 13.4. The summed E-state index contributed by atoms with van der Waals surface area (Å²) in [5, 5.41) is 61.1. The monoisotopic (exact) mass is 1190 g/mol. The molecule has 1 fully saturated rings. The molecule has 0 spiro atoms. The zero-order valence-corrected chi connectivity index (χ0v) is 47.7. The molecule has 1 aliphatic heterocycles. The van der Waals surface area contributed by atoms with Crippen molar-refractivity contribution in [1.29, 1.82) is 15.8 Å². The molecule has 0 aromatic heterocycles. The molecule has 0 bridgehead atoms. The molecule has 0 aliphatic carbocycles. The molecule has 12 aromatic carbocycles. The molecule has 2 N–H and O–H groups in total. The van der Waals surface area contributed by atoms with Crippen molar-refractivity contribution in [3.8, 4) is 40.5 Å². The first kappa shape index (κ1) is 60.8. The van der Waals surface area contributed by atoms with E-state index < -0.39 is 25.4 Å². The fraction of sp³-hybridized carbons (Fsp3) is 0.113. The first-order valence-corrected chi connectivity index (χ1v) is 27.7. The maximum atomic E-state index is 9.73. The van der Waals surface area contributed by atoms with Crippen molar-refractivity contribution in [2.24, 2.45) is 0 Å². The lowest BCUT2D eigenvalue weighted by atomic mass is 9.76. The van der Waals surface area contributed by atoms with Gasteiger partial charge in [-0.15, -0.1) is 0 Å². The highest BCUT2D eigenvalue weighted by molar-refractivity contribution is 9.10. The normalized spacial score (nSPS) is 12.7. The fourth-order valence-corrected chi connectivity index (χ4v) is 11.4. The van der Waals surface area contributed by atoms with E-state index in [9.17, 15) is 20.6 Å². The topological polar surface area (TPSA) is 130 Å². The Kier molecular flexibility index (Phi) is 18.9. The largest absolute Gasteiger partial charge is 0.494 e. The molecular weight excluding hydrogens is 1130 g/mol. The Balaban J connectivity index is 0.000000153. The second-order valence-corrected chi connectivity index (χ2v) is 22.4. The average Bonchev–Trinajstić information content (AvgIpc) is 3.99. The second-order valence-electron chi connectivity index (χ2n) is 20.6. The Bertz CT molecular complexity index is 4490. The number of nitriles is 3. The quantitative estimate of drug-likeness (QED) is 0.133. The van der Waals surface area contributed by atoms with Gasteiger partial charge in [0.15, 0.2) is 0 Å². The van der Waals surface area contributed by atoms with Crippen LogP contribution >= 0.6 is 39.1 Å². The third-order valence-electron chi connectivity index (χ3n) is 14.9. The SMILES string of the molecule is C.C.CC1(C)OB(c2cc(C#N)cc(-c3cc4ccccc4c4ccccc34)c2)OC1(C)C.N#Cc1cc(Cl)cc(-c2cc3ccccc3c3ccccc23)c1.N#Cc1cc(Cl)cc(Br)c1.OB(O)c1cc2ccccc2c2ccccc12. The number of nitrogens with zero attached hydrogens (tertiary/aromatic N) is 3. The molecule has 0 radical (unpaired) electrons. The lowest BCUT2D eigenvalue weighted by molar-refractivity contribution is 0.00578. The van der Waals surface area contributed by atoms with Crippen molar-refractivity contribution in [3.05, 3.63) is 250 Å². The van der Waals surface area contributed by atoms with Crippen molar-refractivity contribution in [2.75, 3.05) is 0 Å². The summed E-state index contributed by atoms with van der Waals surface area (Å²) in [7, 11) is -1.95. The molecule has 12 heteroatoms. The molecule has 7 nitrogen and oxygen atoms in total. The fourth-order valence-electron chi connectivity index (χ4n) is 10.3. The van der Waals surface area contributed by atoms with Crippen molar-refractivity contribution < 1.29 is 19.4 Å². The summed E-state index contributed by atoms with van der Waals surface area (Å²) in [6, 6.07) is 78.5. The molecule has 1 aliphatic rings. The first-order chi connectivity index (χ1) is 39.0. The number of halogens is 3. The van der Waals surface area contributed by atoms with Crippen LogP contribution in [0.1, 0.15) is 59.2 Å². The van der Waals surface area contributed by atoms with E-state index in [0.29, 0.717) is 32.2 Å². The highest BCUT2D eigenvalue weighted by atomic mass is 79.9. The highest BCUT2D eigenvalue weighted by Crippen LogP contribution is 2.40. The van der Waals surface area contributed by atoms with Crippen molar-refractivity contribution in [2.45, 2.75) is 53.8 Å². The summed E-state index contributed by atoms with van der Waals surface area (Å²) in [4.78, 5) is 0. The van der Waals surface area contributed by atoms with Crippen LogP contribution < -0.4 is 10.9 Å². The molecule has 83 heavy (non-hydrogen) atoms. The third-order valence-corrected chi connectivity index (χ3v) is 15.8.